The number of rotatable bonds is 6. The Morgan fingerprint density at radius 2 is 1.29 bits per heavy atom. The van der Waals surface area contributed by atoms with Gasteiger partial charge in [0.05, 0.1) is 12.1 Å². The first-order valence-corrected chi connectivity index (χ1v) is 13.9. The second-order valence-corrected chi connectivity index (χ2v) is 10.6. The number of hydrogen-bond donors (Lipinski definition) is 0. The molecule has 2 unspecified atom stereocenters. The molecule has 0 saturated carbocycles. The molecule has 1 fully saturated rings. The number of hydrogen-bond acceptors (Lipinski definition) is 3. The summed E-state index contributed by atoms with van der Waals surface area (Å²) in [4.78, 5) is 7.57. The summed E-state index contributed by atoms with van der Waals surface area (Å²) in [5.41, 5.74) is 6.07. The van der Waals surface area contributed by atoms with Crippen LogP contribution in [-0.4, -0.2) is 30.5 Å². The second kappa shape index (κ2) is 11.0. The van der Waals surface area contributed by atoms with Crippen LogP contribution in [0.3, 0.4) is 0 Å². The average Bonchev–Trinajstić information content (AvgIpc) is 3.43. The van der Waals surface area contributed by atoms with E-state index in [2.05, 4.69) is 127 Å². The molecule has 2 heterocycles. The second-order valence-electron chi connectivity index (χ2n) is 10.6. The molecule has 0 aromatic heterocycles. The van der Waals surface area contributed by atoms with Crippen LogP contribution in [0, 0.1) is 12.8 Å². The van der Waals surface area contributed by atoms with E-state index in [1.807, 2.05) is 0 Å². The molecule has 0 spiro atoms. The molecule has 2 aliphatic rings. The predicted molar refractivity (Wildman–Crippen MR) is 155 cm³/mol. The molecule has 192 valence electrons. The van der Waals surface area contributed by atoms with E-state index in [0.717, 1.165) is 38.2 Å². The Labute approximate surface area is 226 Å². The van der Waals surface area contributed by atoms with Gasteiger partial charge in [0, 0.05) is 18.5 Å². The molecule has 6 rings (SSSR count). The molecule has 3 nitrogen and oxygen atoms in total. The zero-order valence-electron chi connectivity index (χ0n) is 22.2. The van der Waals surface area contributed by atoms with Gasteiger partial charge in [-0.2, -0.15) is 0 Å². The van der Waals surface area contributed by atoms with E-state index in [1.54, 1.807) is 0 Å². The van der Waals surface area contributed by atoms with Crippen LogP contribution in [0.25, 0.3) is 0 Å². The van der Waals surface area contributed by atoms with Crippen molar-refractivity contribution < 1.29 is 4.74 Å². The standard InChI is InChI=1S/C35H36N2O/c1-27-19-21-28(22-20-27)33-26-29(34-36-23-25-38-34)12-11-24-37(33)35(30-13-5-2-6-14-30,31-15-7-3-8-16-31)32-17-9-4-10-18-32/h2-10,13-22,29,33H,11-12,23-26H2,1H3. The summed E-state index contributed by atoms with van der Waals surface area (Å²) in [6.07, 6.45) is 3.16. The smallest absolute Gasteiger partial charge is 0.186 e. The minimum atomic E-state index is -0.452. The van der Waals surface area contributed by atoms with Crippen LogP contribution in [0.2, 0.25) is 0 Å². The Balaban J connectivity index is 1.60. The summed E-state index contributed by atoms with van der Waals surface area (Å²) in [5, 5.41) is 0. The SMILES string of the molecule is Cc1ccc(C2CC(C3=NCCO3)CCCN2C(c2ccccc2)(c2ccccc2)c2ccccc2)cc1. The van der Waals surface area contributed by atoms with E-state index in [4.69, 9.17) is 9.73 Å². The maximum atomic E-state index is 6.06. The van der Waals surface area contributed by atoms with E-state index >= 15 is 0 Å². The maximum Gasteiger partial charge on any atom is 0.186 e. The van der Waals surface area contributed by atoms with Crippen LogP contribution < -0.4 is 0 Å². The van der Waals surface area contributed by atoms with Gasteiger partial charge in [0.25, 0.3) is 0 Å². The molecule has 38 heavy (non-hydrogen) atoms. The average molecular weight is 501 g/mol. The van der Waals surface area contributed by atoms with Crippen LogP contribution in [0.4, 0.5) is 0 Å². The predicted octanol–water partition coefficient (Wildman–Crippen LogP) is 7.56. The molecule has 0 aliphatic carbocycles. The molecule has 0 bridgehead atoms. The Bertz CT molecular complexity index is 1250. The van der Waals surface area contributed by atoms with E-state index in [9.17, 15) is 0 Å². The highest BCUT2D eigenvalue weighted by atomic mass is 16.5. The third-order valence-electron chi connectivity index (χ3n) is 8.26. The first-order chi connectivity index (χ1) is 18.8. The zero-order chi connectivity index (χ0) is 25.8. The summed E-state index contributed by atoms with van der Waals surface area (Å²) in [6.45, 7) is 4.64. The fourth-order valence-corrected chi connectivity index (χ4v) is 6.54. The van der Waals surface area contributed by atoms with Crippen molar-refractivity contribution in [3.8, 4) is 0 Å². The molecule has 2 aliphatic heterocycles. The highest BCUT2D eigenvalue weighted by Gasteiger charge is 2.47. The van der Waals surface area contributed by atoms with Crippen molar-refractivity contribution in [1.82, 2.24) is 4.90 Å². The molecule has 0 N–H and O–H groups in total. The van der Waals surface area contributed by atoms with Gasteiger partial charge in [-0.3, -0.25) is 9.89 Å². The topological polar surface area (TPSA) is 24.8 Å². The molecule has 4 aromatic carbocycles. The summed E-state index contributed by atoms with van der Waals surface area (Å²) < 4.78 is 6.06. The van der Waals surface area contributed by atoms with Gasteiger partial charge in [-0.15, -0.1) is 0 Å². The molecular weight excluding hydrogens is 464 g/mol. The van der Waals surface area contributed by atoms with E-state index in [0.29, 0.717) is 12.5 Å². The van der Waals surface area contributed by atoms with Crippen molar-refractivity contribution in [2.75, 3.05) is 19.7 Å². The first-order valence-electron chi connectivity index (χ1n) is 13.9. The summed E-state index contributed by atoms with van der Waals surface area (Å²) in [6, 6.07) is 42.6. The minimum absolute atomic E-state index is 0.190. The maximum absolute atomic E-state index is 6.06. The lowest BCUT2D eigenvalue weighted by Crippen LogP contribution is -2.50. The van der Waals surface area contributed by atoms with Crippen molar-refractivity contribution >= 4 is 5.90 Å². The highest BCUT2D eigenvalue weighted by Crippen LogP contribution is 2.49. The molecule has 0 radical (unpaired) electrons. The fraction of sp³-hybridized carbons (Fsp3) is 0.286. The van der Waals surface area contributed by atoms with Crippen LogP contribution in [0.5, 0.6) is 0 Å². The number of aliphatic imine (C=N–C) groups is 1. The Morgan fingerprint density at radius 3 is 1.79 bits per heavy atom. The molecule has 4 aromatic rings. The number of aryl methyl sites for hydroxylation is 1. The molecular formula is C35H36N2O. The first kappa shape index (κ1) is 24.6. The molecule has 2 atom stereocenters. The van der Waals surface area contributed by atoms with Crippen molar-refractivity contribution in [2.24, 2.45) is 10.9 Å². The van der Waals surface area contributed by atoms with Crippen LogP contribution in [-0.2, 0) is 10.3 Å². The summed E-state index contributed by atoms with van der Waals surface area (Å²) in [5.74, 6) is 1.29. The number of nitrogens with zero attached hydrogens (tertiary/aromatic N) is 2. The largest absolute Gasteiger partial charge is 0.479 e. The lowest BCUT2D eigenvalue weighted by atomic mass is 9.74. The number of likely N-dealkylation sites (tertiary alicyclic amines) is 1. The zero-order valence-corrected chi connectivity index (χ0v) is 22.2. The lowest BCUT2D eigenvalue weighted by Gasteiger charge is -2.49. The van der Waals surface area contributed by atoms with Crippen LogP contribution in [0.15, 0.2) is 120 Å². The number of ether oxygens (including phenoxy) is 1. The van der Waals surface area contributed by atoms with E-state index in [1.165, 1.54) is 27.8 Å². The Hall–Kier alpha value is -3.69. The monoisotopic (exact) mass is 500 g/mol. The van der Waals surface area contributed by atoms with Gasteiger partial charge in [0.1, 0.15) is 6.61 Å². The van der Waals surface area contributed by atoms with Gasteiger partial charge in [-0.1, -0.05) is 121 Å². The number of benzene rings is 4. The van der Waals surface area contributed by atoms with E-state index < -0.39 is 5.54 Å². The van der Waals surface area contributed by atoms with Crippen LogP contribution >= 0.6 is 0 Å². The third-order valence-corrected chi connectivity index (χ3v) is 8.26. The highest BCUT2D eigenvalue weighted by molar-refractivity contribution is 5.80. The Morgan fingerprint density at radius 1 is 0.737 bits per heavy atom. The van der Waals surface area contributed by atoms with Crippen molar-refractivity contribution in [1.29, 1.82) is 0 Å². The van der Waals surface area contributed by atoms with Gasteiger partial charge >= 0.3 is 0 Å². The summed E-state index contributed by atoms with van der Waals surface area (Å²) in [7, 11) is 0. The lowest BCUT2D eigenvalue weighted by molar-refractivity contribution is 0.0977. The minimum Gasteiger partial charge on any atom is -0.479 e. The fourth-order valence-electron chi connectivity index (χ4n) is 6.54. The van der Waals surface area contributed by atoms with Crippen molar-refractivity contribution in [3.05, 3.63) is 143 Å². The molecule has 0 amide bonds. The third kappa shape index (κ3) is 4.56. The van der Waals surface area contributed by atoms with Gasteiger partial charge < -0.3 is 4.74 Å². The summed E-state index contributed by atoms with van der Waals surface area (Å²) >= 11 is 0. The van der Waals surface area contributed by atoms with Gasteiger partial charge in [-0.25, -0.2) is 0 Å². The van der Waals surface area contributed by atoms with Gasteiger partial charge in [0.15, 0.2) is 5.90 Å². The molecule has 3 heteroatoms. The van der Waals surface area contributed by atoms with E-state index in [-0.39, 0.29) is 6.04 Å². The van der Waals surface area contributed by atoms with Crippen molar-refractivity contribution in [3.63, 3.8) is 0 Å². The van der Waals surface area contributed by atoms with Gasteiger partial charge in [0.2, 0.25) is 0 Å². The van der Waals surface area contributed by atoms with Crippen LogP contribution in [0.1, 0.15) is 53.1 Å². The quantitative estimate of drug-likeness (QED) is 0.255. The molecule has 1 saturated heterocycles. The van der Waals surface area contributed by atoms with Gasteiger partial charge in [-0.05, 0) is 48.4 Å². The Kier molecular flexibility index (Phi) is 7.11. The van der Waals surface area contributed by atoms with Crippen molar-refractivity contribution in [2.45, 2.75) is 37.8 Å². The normalized spacial score (nSPS) is 20.4.